The smallest absolute Gasteiger partial charge is 0.295 e. The van der Waals surface area contributed by atoms with Crippen molar-refractivity contribution in [2.75, 3.05) is 26.2 Å². The van der Waals surface area contributed by atoms with Gasteiger partial charge in [0, 0.05) is 22.7 Å². The zero-order valence-corrected chi connectivity index (χ0v) is 14.6. The summed E-state index contributed by atoms with van der Waals surface area (Å²) in [6, 6.07) is 17.9. The molecule has 2 heterocycles. The summed E-state index contributed by atoms with van der Waals surface area (Å²) in [7, 11) is 0. The molecule has 3 aromatic rings. The van der Waals surface area contributed by atoms with Crippen molar-refractivity contribution in [1.82, 2.24) is 9.88 Å². The second kappa shape index (κ2) is 7.14. The van der Waals surface area contributed by atoms with E-state index >= 15 is 0 Å². The Balaban J connectivity index is 1.39. The number of aromatic amines is 1. The standard InChI is InChI=1S/C21H21N3O2/c25-20(18-14-22-19-9-5-4-8-17(18)19)21(26)24-12-10-23(11-13-24)15-16-6-2-1-3-7-16/h1-9,14,22H,10-13,15H2/p+1. The molecule has 0 spiro atoms. The third-order valence-corrected chi connectivity index (χ3v) is 5.08. The van der Waals surface area contributed by atoms with E-state index in [1.54, 1.807) is 11.1 Å². The lowest BCUT2D eigenvalue weighted by Crippen LogP contribution is -3.13. The first kappa shape index (κ1) is 16.5. The van der Waals surface area contributed by atoms with E-state index in [0.717, 1.165) is 30.5 Å². The Bertz CT molecular complexity index is 925. The third kappa shape index (κ3) is 3.26. The number of carbonyl (C=O) groups is 2. The summed E-state index contributed by atoms with van der Waals surface area (Å²) in [6.45, 7) is 3.92. The average molecular weight is 348 g/mol. The number of para-hydroxylation sites is 1. The number of H-pyrrole nitrogens is 1. The van der Waals surface area contributed by atoms with Gasteiger partial charge in [0.05, 0.1) is 31.7 Å². The Morgan fingerprint density at radius 1 is 0.962 bits per heavy atom. The number of carbonyl (C=O) groups excluding carboxylic acids is 2. The number of quaternary nitrogens is 1. The lowest BCUT2D eigenvalue weighted by atomic mass is 10.1. The maximum atomic E-state index is 12.7. The van der Waals surface area contributed by atoms with Crippen molar-refractivity contribution in [3.05, 3.63) is 71.9 Å². The predicted molar refractivity (Wildman–Crippen MR) is 100 cm³/mol. The molecule has 26 heavy (non-hydrogen) atoms. The first-order chi connectivity index (χ1) is 12.7. The molecular formula is C21H22N3O2+. The number of piperazine rings is 1. The van der Waals surface area contributed by atoms with Gasteiger partial charge in [-0.2, -0.15) is 0 Å². The largest absolute Gasteiger partial charge is 0.360 e. The predicted octanol–water partition coefficient (Wildman–Crippen LogP) is 1.28. The van der Waals surface area contributed by atoms with E-state index in [-0.39, 0.29) is 0 Å². The van der Waals surface area contributed by atoms with Crippen LogP contribution in [-0.4, -0.2) is 47.8 Å². The van der Waals surface area contributed by atoms with Gasteiger partial charge in [-0.05, 0) is 6.07 Å². The van der Waals surface area contributed by atoms with Crippen molar-refractivity contribution in [2.45, 2.75) is 6.54 Å². The molecule has 0 bridgehead atoms. The number of fused-ring (bicyclic) bond motifs is 1. The van der Waals surface area contributed by atoms with Crippen molar-refractivity contribution in [3.8, 4) is 0 Å². The average Bonchev–Trinajstić information content (AvgIpc) is 3.12. The maximum absolute atomic E-state index is 12.7. The summed E-state index contributed by atoms with van der Waals surface area (Å²) >= 11 is 0. The lowest BCUT2D eigenvalue weighted by Gasteiger charge is -2.31. The number of ketones is 1. The summed E-state index contributed by atoms with van der Waals surface area (Å²) in [4.78, 5) is 31.5. The molecule has 4 rings (SSSR count). The van der Waals surface area contributed by atoms with Crippen LogP contribution in [0.4, 0.5) is 0 Å². The fourth-order valence-corrected chi connectivity index (χ4v) is 3.61. The SMILES string of the molecule is O=C(C(=O)N1CC[NH+](Cc2ccccc2)CC1)c1c[nH]c2ccccc12. The molecule has 5 heteroatoms. The molecule has 0 radical (unpaired) electrons. The van der Waals surface area contributed by atoms with E-state index in [4.69, 9.17) is 0 Å². The minimum Gasteiger partial charge on any atom is -0.360 e. The van der Waals surface area contributed by atoms with Gasteiger partial charge in [0.15, 0.2) is 0 Å². The molecule has 1 amide bonds. The molecule has 1 aliphatic heterocycles. The van der Waals surface area contributed by atoms with Crippen LogP contribution in [0.5, 0.6) is 0 Å². The molecule has 1 aromatic heterocycles. The second-order valence-electron chi connectivity index (χ2n) is 6.78. The Morgan fingerprint density at radius 2 is 1.65 bits per heavy atom. The number of hydrogen-bond acceptors (Lipinski definition) is 2. The summed E-state index contributed by atoms with van der Waals surface area (Å²) < 4.78 is 0. The van der Waals surface area contributed by atoms with E-state index in [0.29, 0.717) is 18.7 Å². The number of nitrogens with zero attached hydrogens (tertiary/aromatic N) is 1. The summed E-state index contributed by atoms with van der Waals surface area (Å²) in [5.41, 5.74) is 2.64. The molecule has 2 aromatic carbocycles. The number of hydrogen-bond donors (Lipinski definition) is 2. The van der Waals surface area contributed by atoms with Crippen LogP contribution in [0.15, 0.2) is 60.8 Å². The van der Waals surface area contributed by atoms with Crippen molar-refractivity contribution in [2.24, 2.45) is 0 Å². The molecule has 1 fully saturated rings. The number of benzene rings is 2. The van der Waals surface area contributed by atoms with Crippen LogP contribution in [0.25, 0.3) is 10.9 Å². The molecule has 0 aliphatic carbocycles. The number of nitrogens with one attached hydrogen (secondary N) is 2. The Hall–Kier alpha value is -2.92. The Kier molecular flexibility index (Phi) is 4.54. The topological polar surface area (TPSA) is 57.6 Å². The highest BCUT2D eigenvalue weighted by Gasteiger charge is 2.29. The summed E-state index contributed by atoms with van der Waals surface area (Å²) in [5, 5.41) is 0.805. The highest BCUT2D eigenvalue weighted by atomic mass is 16.2. The van der Waals surface area contributed by atoms with Gasteiger partial charge in [0.2, 0.25) is 0 Å². The molecule has 0 unspecified atom stereocenters. The minimum atomic E-state index is -0.422. The molecule has 0 saturated carbocycles. The fourth-order valence-electron chi connectivity index (χ4n) is 3.61. The van der Waals surface area contributed by atoms with E-state index in [1.165, 1.54) is 10.5 Å². The van der Waals surface area contributed by atoms with Crippen LogP contribution in [-0.2, 0) is 11.3 Å². The van der Waals surface area contributed by atoms with E-state index in [1.807, 2.05) is 30.3 Å². The number of Topliss-reactive ketones (excluding diaryl/α,β-unsaturated/α-hetero) is 1. The van der Waals surface area contributed by atoms with Crippen molar-refractivity contribution in [3.63, 3.8) is 0 Å². The van der Waals surface area contributed by atoms with Gasteiger partial charge in [-0.25, -0.2) is 0 Å². The summed E-state index contributed by atoms with van der Waals surface area (Å²) in [6.07, 6.45) is 1.64. The maximum Gasteiger partial charge on any atom is 0.295 e. The van der Waals surface area contributed by atoms with Crippen molar-refractivity contribution < 1.29 is 14.5 Å². The highest BCUT2D eigenvalue weighted by molar-refractivity contribution is 6.44. The molecule has 0 atom stereocenters. The van der Waals surface area contributed by atoms with Crippen LogP contribution in [0.3, 0.4) is 0 Å². The molecule has 132 valence electrons. The first-order valence-electron chi connectivity index (χ1n) is 8.99. The monoisotopic (exact) mass is 348 g/mol. The molecule has 1 aliphatic rings. The van der Waals surface area contributed by atoms with Gasteiger partial charge in [-0.3, -0.25) is 9.59 Å². The van der Waals surface area contributed by atoms with Crippen molar-refractivity contribution >= 4 is 22.6 Å². The zero-order chi connectivity index (χ0) is 17.9. The summed E-state index contributed by atoms with van der Waals surface area (Å²) in [5.74, 6) is -0.817. The highest BCUT2D eigenvalue weighted by Crippen LogP contribution is 2.18. The van der Waals surface area contributed by atoms with Gasteiger partial charge in [-0.1, -0.05) is 48.5 Å². The van der Waals surface area contributed by atoms with Gasteiger partial charge in [-0.15, -0.1) is 0 Å². The Labute approximate surface area is 152 Å². The fraction of sp³-hybridized carbons (Fsp3) is 0.238. The normalized spacial score (nSPS) is 15.3. The number of rotatable bonds is 4. The molecular weight excluding hydrogens is 326 g/mol. The van der Waals surface area contributed by atoms with Crippen LogP contribution in [0, 0.1) is 0 Å². The van der Waals surface area contributed by atoms with E-state index in [9.17, 15) is 9.59 Å². The Morgan fingerprint density at radius 3 is 2.42 bits per heavy atom. The minimum absolute atomic E-state index is 0.395. The number of amides is 1. The van der Waals surface area contributed by atoms with Crippen LogP contribution < -0.4 is 4.90 Å². The quantitative estimate of drug-likeness (QED) is 0.551. The van der Waals surface area contributed by atoms with Crippen molar-refractivity contribution in [1.29, 1.82) is 0 Å². The van der Waals surface area contributed by atoms with Crippen LogP contribution >= 0.6 is 0 Å². The molecule has 2 N–H and O–H groups in total. The zero-order valence-electron chi connectivity index (χ0n) is 14.6. The second-order valence-corrected chi connectivity index (χ2v) is 6.78. The van der Waals surface area contributed by atoms with Gasteiger partial charge in [0.1, 0.15) is 6.54 Å². The van der Waals surface area contributed by atoms with Gasteiger partial charge < -0.3 is 14.8 Å². The van der Waals surface area contributed by atoms with E-state index < -0.39 is 11.7 Å². The lowest BCUT2D eigenvalue weighted by molar-refractivity contribution is -0.917. The number of aromatic nitrogens is 1. The first-order valence-corrected chi connectivity index (χ1v) is 8.99. The van der Waals surface area contributed by atoms with Gasteiger partial charge in [0.25, 0.3) is 11.7 Å². The van der Waals surface area contributed by atoms with Crippen LogP contribution in [0.1, 0.15) is 15.9 Å². The van der Waals surface area contributed by atoms with Gasteiger partial charge >= 0.3 is 0 Å². The molecule has 5 nitrogen and oxygen atoms in total. The van der Waals surface area contributed by atoms with E-state index in [2.05, 4.69) is 29.2 Å². The van der Waals surface area contributed by atoms with Crippen LogP contribution in [0.2, 0.25) is 0 Å². The molecule has 1 saturated heterocycles. The third-order valence-electron chi connectivity index (χ3n) is 5.08.